The van der Waals surface area contributed by atoms with Crippen molar-refractivity contribution in [3.8, 4) is 0 Å². The largest absolute Gasteiger partial charge is 0.351 e. The van der Waals surface area contributed by atoms with Crippen LogP contribution in [0.15, 0.2) is 40.5 Å². The smallest absolute Gasteiger partial charge is 0.286 e. The molecule has 1 fully saturated rings. The summed E-state index contributed by atoms with van der Waals surface area (Å²) < 4.78 is 1.97. The standard InChI is InChI=1S/C16H16N4OS/c21-15-13(22-16(18-15)19-7-3-1-4-8-19)10-12-11-17-14-6-2-5-9-20(12)14/h2,5-6,9-11H,1,3-4,7-8H2. The number of likely N-dealkylation sites (tertiary alicyclic amines) is 1. The van der Waals surface area contributed by atoms with Gasteiger partial charge in [0.25, 0.3) is 5.91 Å². The van der Waals surface area contributed by atoms with E-state index in [1.54, 1.807) is 6.20 Å². The Morgan fingerprint density at radius 1 is 1.18 bits per heavy atom. The molecule has 2 aromatic heterocycles. The van der Waals surface area contributed by atoms with Crippen LogP contribution in [-0.4, -0.2) is 38.4 Å². The molecule has 0 bridgehead atoms. The summed E-state index contributed by atoms with van der Waals surface area (Å²) >= 11 is 1.48. The fourth-order valence-electron chi connectivity index (χ4n) is 2.81. The van der Waals surface area contributed by atoms with Gasteiger partial charge in [0.15, 0.2) is 5.17 Å². The number of aromatic nitrogens is 2. The Balaban J connectivity index is 1.60. The molecule has 0 unspecified atom stereocenters. The molecule has 5 nitrogen and oxygen atoms in total. The van der Waals surface area contributed by atoms with Crippen molar-refractivity contribution in [2.75, 3.05) is 13.1 Å². The van der Waals surface area contributed by atoms with E-state index in [0.717, 1.165) is 29.6 Å². The summed E-state index contributed by atoms with van der Waals surface area (Å²) in [5.74, 6) is -0.142. The Morgan fingerprint density at radius 3 is 2.91 bits per heavy atom. The molecule has 4 heterocycles. The van der Waals surface area contributed by atoms with E-state index in [1.165, 1.54) is 31.0 Å². The molecule has 22 heavy (non-hydrogen) atoms. The molecule has 112 valence electrons. The molecular formula is C16H16N4OS. The van der Waals surface area contributed by atoms with Gasteiger partial charge in [0, 0.05) is 19.3 Å². The van der Waals surface area contributed by atoms with Crippen LogP contribution in [0.2, 0.25) is 0 Å². The van der Waals surface area contributed by atoms with Gasteiger partial charge in [-0.3, -0.25) is 4.79 Å². The van der Waals surface area contributed by atoms with Crippen molar-refractivity contribution in [1.82, 2.24) is 14.3 Å². The number of hydrogen-bond acceptors (Lipinski definition) is 4. The number of carbonyl (C=O) groups excluding carboxylic acids is 1. The maximum atomic E-state index is 12.2. The fourth-order valence-corrected chi connectivity index (χ4v) is 3.76. The molecule has 2 aromatic rings. The highest BCUT2D eigenvalue weighted by Crippen LogP contribution is 2.31. The predicted octanol–water partition coefficient (Wildman–Crippen LogP) is 2.79. The zero-order chi connectivity index (χ0) is 14.9. The predicted molar refractivity (Wildman–Crippen MR) is 88.6 cm³/mol. The van der Waals surface area contributed by atoms with Crippen LogP contribution in [-0.2, 0) is 4.79 Å². The number of fused-ring (bicyclic) bond motifs is 1. The van der Waals surface area contributed by atoms with Gasteiger partial charge in [-0.25, -0.2) is 4.98 Å². The number of hydrogen-bond donors (Lipinski definition) is 0. The van der Waals surface area contributed by atoms with Crippen molar-refractivity contribution in [2.45, 2.75) is 19.3 Å². The molecule has 6 heteroatoms. The van der Waals surface area contributed by atoms with Gasteiger partial charge in [0.2, 0.25) is 0 Å². The van der Waals surface area contributed by atoms with Crippen LogP contribution in [0.5, 0.6) is 0 Å². The second-order valence-electron chi connectivity index (χ2n) is 5.47. The van der Waals surface area contributed by atoms with E-state index in [-0.39, 0.29) is 5.91 Å². The first-order chi connectivity index (χ1) is 10.8. The molecule has 1 saturated heterocycles. The Labute approximate surface area is 132 Å². The molecule has 2 aliphatic rings. The first-order valence-corrected chi connectivity index (χ1v) is 8.32. The van der Waals surface area contributed by atoms with E-state index in [2.05, 4.69) is 14.9 Å². The van der Waals surface area contributed by atoms with Crippen LogP contribution in [0, 0.1) is 0 Å². The van der Waals surface area contributed by atoms with Crippen LogP contribution in [0.1, 0.15) is 25.0 Å². The third-order valence-electron chi connectivity index (χ3n) is 3.96. The molecule has 0 saturated carbocycles. The van der Waals surface area contributed by atoms with Gasteiger partial charge in [0.05, 0.1) is 16.8 Å². The number of amidine groups is 1. The minimum absolute atomic E-state index is 0.142. The second-order valence-corrected chi connectivity index (χ2v) is 6.48. The molecule has 0 atom stereocenters. The van der Waals surface area contributed by atoms with Gasteiger partial charge in [-0.15, -0.1) is 0 Å². The Bertz CT molecular complexity index is 786. The number of nitrogens with zero attached hydrogens (tertiary/aromatic N) is 4. The minimum Gasteiger partial charge on any atom is -0.351 e. The normalized spacial score (nSPS) is 20.9. The van der Waals surface area contributed by atoms with E-state index in [1.807, 2.05) is 34.9 Å². The van der Waals surface area contributed by atoms with Gasteiger partial charge in [-0.05, 0) is 49.2 Å². The number of piperidine rings is 1. The van der Waals surface area contributed by atoms with Crippen LogP contribution < -0.4 is 0 Å². The van der Waals surface area contributed by atoms with Crippen LogP contribution in [0.3, 0.4) is 0 Å². The summed E-state index contributed by atoms with van der Waals surface area (Å²) in [6.45, 7) is 2.00. The van der Waals surface area contributed by atoms with Gasteiger partial charge in [0.1, 0.15) is 5.65 Å². The number of pyridine rings is 1. The third-order valence-corrected chi connectivity index (χ3v) is 5.00. The van der Waals surface area contributed by atoms with Crippen LogP contribution in [0.25, 0.3) is 11.7 Å². The van der Waals surface area contributed by atoms with E-state index in [0.29, 0.717) is 4.91 Å². The maximum Gasteiger partial charge on any atom is 0.286 e. The molecule has 0 spiro atoms. The maximum absolute atomic E-state index is 12.2. The highest BCUT2D eigenvalue weighted by atomic mass is 32.2. The number of imidazole rings is 1. The van der Waals surface area contributed by atoms with Crippen molar-refractivity contribution in [3.63, 3.8) is 0 Å². The quantitative estimate of drug-likeness (QED) is 0.760. The lowest BCUT2D eigenvalue weighted by Gasteiger charge is -2.27. The SMILES string of the molecule is O=C1N=C(N2CCCCC2)SC1=Cc1cnc2ccccn12. The summed E-state index contributed by atoms with van der Waals surface area (Å²) in [4.78, 5) is 23.6. The van der Waals surface area contributed by atoms with Crippen LogP contribution >= 0.6 is 11.8 Å². The highest BCUT2D eigenvalue weighted by Gasteiger charge is 2.27. The minimum atomic E-state index is -0.142. The summed E-state index contributed by atoms with van der Waals surface area (Å²) in [5.41, 5.74) is 1.78. The zero-order valence-corrected chi connectivity index (χ0v) is 12.9. The van der Waals surface area contributed by atoms with Crippen molar-refractivity contribution in [3.05, 3.63) is 41.2 Å². The lowest BCUT2D eigenvalue weighted by Crippen LogP contribution is -2.33. The van der Waals surface area contributed by atoms with Gasteiger partial charge in [-0.1, -0.05) is 6.07 Å². The Hall–Kier alpha value is -2.08. The lowest BCUT2D eigenvalue weighted by atomic mass is 10.1. The van der Waals surface area contributed by atoms with Gasteiger partial charge >= 0.3 is 0 Å². The molecule has 0 radical (unpaired) electrons. The molecule has 4 rings (SSSR count). The van der Waals surface area contributed by atoms with Crippen molar-refractivity contribution in [2.24, 2.45) is 4.99 Å². The third kappa shape index (κ3) is 2.43. The Morgan fingerprint density at radius 2 is 2.05 bits per heavy atom. The summed E-state index contributed by atoms with van der Waals surface area (Å²) in [6, 6.07) is 5.85. The average Bonchev–Trinajstić information content (AvgIpc) is 3.13. The first kappa shape index (κ1) is 13.6. The van der Waals surface area contributed by atoms with Crippen LogP contribution in [0.4, 0.5) is 0 Å². The number of aliphatic imine (C=N–C) groups is 1. The van der Waals surface area contributed by atoms with E-state index in [4.69, 9.17) is 0 Å². The van der Waals surface area contributed by atoms with E-state index in [9.17, 15) is 4.79 Å². The molecule has 2 aliphatic heterocycles. The number of thioether (sulfide) groups is 1. The summed E-state index contributed by atoms with van der Waals surface area (Å²) in [6.07, 6.45) is 9.25. The molecule has 1 amide bonds. The van der Waals surface area contributed by atoms with E-state index >= 15 is 0 Å². The topological polar surface area (TPSA) is 50.0 Å². The van der Waals surface area contributed by atoms with Crippen molar-refractivity contribution in [1.29, 1.82) is 0 Å². The van der Waals surface area contributed by atoms with E-state index < -0.39 is 0 Å². The molecular weight excluding hydrogens is 296 g/mol. The molecule has 0 aromatic carbocycles. The highest BCUT2D eigenvalue weighted by molar-refractivity contribution is 8.18. The molecule has 0 N–H and O–H groups in total. The number of amides is 1. The monoisotopic (exact) mass is 312 g/mol. The summed E-state index contributed by atoms with van der Waals surface area (Å²) in [7, 11) is 0. The average molecular weight is 312 g/mol. The summed E-state index contributed by atoms with van der Waals surface area (Å²) in [5, 5.41) is 0.852. The molecule has 0 aliphatic carbocycles. The lowest BCUT2D eigenvalue weighted by molar-refractivity contribution is -0.113. The fraction of sp³-hybridized carbons (Fsp3) is 0.312. The number of carbonyl (C=O) groups is 1. The second kappa shape index (κ2) is 5.61. The Kier molecular flexibility index (Phi) is 3.46. The first-order valence-electron chi connectivity index (χ1n) is 7.51. The van der Waals surface area contributed by atoms with Crippen molar-refractivity contribution >= 4 is 34.6 Å². The van der Waals surface area contributed by atoms with Crippen molar-refractivity contribution < 1.29 is 4.79 Å². The number of rotatable bonds is 1. The van der Waals surface area contributed by atoms with Gasteiger partial charge < -0.3 is 9.30 Å². The van der Waals surface area contributed by atoms with Gasteiger partial charge in [-0.2, -0.15) is 4.99 Å². The zero-order valence-electron chi connectivity index (χ0n) is 12.1.